The zero-order chi connectivity index (χ0) is 4.57. The van der Waals surface area contributed by atoms with E-state index in [2.05, 4.69) is 29.5 Å². The lowest BCUT2D eigenvalue weighted by Crippen LogP contribution is -1.73. The zero-order valence-electron chi connectivity index (χ0n) is 3.95. The van der Waals surface area contributed by atoms with E-state index >= 15 is 0 Å². The fraction of sp³-hybridized carbons (Fsp3) is 1.00. The summed E-state index contributed by atoms with van der Waals surface area (Å²) in [4.78, 5) is 0. The van der Waals surface area contributed by atoms with Crippen LogP contribution in [-0.4, -0.2) is 4.43 Å². The minimum absolute atomic E-state index is 1.06. The highest BCUT2D eigenvalue weighted by Crippen LogP contribution is 2.38. The first-order valence-electron chi connectivity index (χ1n) is 2.40. The Labute approximate surface area is 52.5 Å². The minimum atomic E-state index is 1.06. The molecule has 36 valence electrons. The summed E-state index contributed by atoms with van der Waals surface area (Å²) in [7, 11) is 0. The average Bonchev–Trinajstić information content (AvgIpc) is 2.19. The molecule has 1 saturated carbocycles. The topological polar surface area (TPSA) is 0 Å². The van der Waals surface area contributed by atoms with Crippen molar-refractivity contribution in [3.8, 4) is 0 Å². The molecule has 0 saturated heterocycles. The number of hydrogen-bond acceptors (Lipinski definition) is 0. The van der Waals surface area contributed by atoms with E-state index in [9.17, 15) is 0 Å². The normalized spacial score (nSPS) is 43.0. The predicted molar refractivity (Wildman–Crippen MR) is 36.2 cm³/mol. The fourth-order valence-electron chi connectivity index (χ4n) is 0.614. The molecule has 0 heterocycles. The van der Waals surface area contributed by atoms with Crippen LogP contribution in [0.25, 0.3) is 0 Å². The maximum absolute atomic E-state index is 2.46. The molecule has 1 rings (SSSR count). The van der Waals surface area contributed by atoms with Crippen LogP contribution in [0.2, 0.25) is 0 Å². The van der Waals surface area contributed by atoms with E-state index in [0.717, 1.165) is 11.8 Å². The second-order valence-corrected chi connectivity index (χ2v) is 3.01. The van der Waals surface area contributed by atoms with Gasteiger partial charge in [-0.1, -0.05) is 29.5 Å². The summed E-state index contributed by atoms with van der Waals surface area (Å²) in [6.45, 7) is 2.32. The summed E-state index contributed by atoms with van der Waals surface area (Å²) >= 11 is 2.46. The van der Waals surface area contributed by atoms with E-state index in [1.54, 1.807) is 0 Å². The molecule has 0 bridgehead atoms. The van der Waals surface area contributed by atoms with Crippen LogP contribution in [0.1, 0.15) is 13.3 Å². The average molecular weight is 196 g/mol. The van der Waals surface area contributed by atoms with Gasteiger partial charge < -0.3 is 0 Å². The Morgan fingerprint density at radius 3 is 2.33 bits per heavy atom. The molecule has 0 aromatic rings. The molecule has 2 atom stereocenters. The van der Waals surface area contributed by atoms with Crippen LogP contribution in [0, 0.1) is 11.8 Å². The van der Waals surface area contributed by atoms with Crippen LogP contribution < -0.4 is 0 Å². The van der Waals surface area contributed by atoms with E-state index < -0.39 is 0 Å². The van der Waals surface area contributed by atoms with Crippen molar-refractivity contribution in [1.29, 1.82) is 0 Å². The number of halogens is 1. The molecule has 6 heavy (non-hydrogen) atoms. The first-order chi connectivity index (χ1) is 2.84. The smallest absolute Gasteiger partial charge is 0.00263 e. The van der Waals surface area contributed by atoms with Gasteiger partial charge in [-0.2, -0.15) is 0 Å². The minimum Gasteiger partial charge on any atom is -0.0861 e. The Morgan fingerprint density at radius 1 is 1.83 bits per heavy atom. The lowest BCUT2D eigenvalue weighted by molar-refractivity contribution is 0.855. The molecule has 0 radical (unpaired) electrons. The van der Waals surface area contributed by atoms with E-state index in [1.807, 2.05) is 0 Å². The summed E-state index contributed by atoms with van der Waals surface area (Å²) in [5.41, 5.74) is 0. The van der Waals surface area contributed by atoms with E-state index in [4.69, 9.17) is 0 Å². The number of alkyl halides is 1. The van der Waals surface area contributed by atoms with Crippen LogP contribution >= 0.6 is 22.6 Å². The summed E-state index contributed by atoms with van der Waals surface area (Å²) in [6.07, 6.45) is 1.49. The summed E-state index contributed by atoms with van der Waals surface area (Å²) in [5.74, 6) is 2.15. The summed E-state index contributed by atoms with van der Waals surface area (Å²) in [6, 6.07) is 0. The monoisotopic (exact) mass is 196 g/mol. The maximum atomic E-state index is 2.46. The van der Waals surface area contributed by atoms with Gasteiger partial charge in [-0.15, -0.1) is 0 Å². The van der Waals surface area contributed by atoms with Crippen molar-refractivity contribution in [2.24, 2.45) is 11.8 Å². The van der Waals surface area contributed by atoms with Crippen LogP contribution in [0.5, 0.6) is 0 Å². The van der Waals surface area contributed by atoms with Crippen molar-refractivity contribution < 1.29 is 0 Å². The predicted octanol–water partition coefficient (Wildman–Crippen LogP) is 2.08. The Bertz CT molecular complexity index is 49.9. The van der Waals surface area contributed by atoms with Gasteiger partial charge in [0.2, 0.25) is 0 Å². The largest absolute Gasteiger partial charge is 0.0861 e. The van der Waals surface area contributed by atoms with Crippen molar-refractivity contribution in [3.63, 3.8) is 0 Å². The highest BCUT2D eigenvalue weighted by molar-refractivity contribution is 14.1. The van der Waals surface area contributed by atoms with Gasteiger partial charge in [0, 0.05) is 4.43 Å². The third-order valence-electron chi connectivity index (χ3n) is 1.47. The highest BCUT2D eigenvalue weighted by Gasteiger charge is 2.30. The Balaban J connectivity index is 2.09. The van der Waals surface area contributed by atoms with Crippen LogP contribution in [0.15, 0.2) is 0 Å². The third-order valence-corrected chi connectivity index (χ3v) is 2.61. The first-order valence-corrected chi connectivity index (χ1v) is 3.93. The SMILES string of the molecule is CC1C[C@H]1CI. The summed E-state index contributed by atoms with van der Waals surface area (Å²) < 4.78 is 1.37. The number of rotatable bonds is 1. The van der Waals surface area contributed by atoms with Crippen molar-refractivity contribution in [3.05, 3.63) is 0 Å². The van der Waals surface area contributed by atoms with Gasteiger partial charge in [0.05, 0.1) is 0 Å². The molecule has 0 aromatic carbocycles. The quantitative estimate of drug-likeness (QED) is 0.444. The Morgan fingerprint density at radius 2 is 2.33 bits per heavy atom. The van der Waals surface area contributed by atoms with Gasteiger partial charge in [0.25, 0.3) is 0 Å². The first kappa shape index (κ1) is 4.88. The van der Waals surface area contributed by atoms with Crippen molar-refractivity contribution in [1.82, 2.24) is 0 Å². The zero-order valence-corrected chi connectivity index (χ0v) is 6.10. The van der Waals surface area contributed by atoms with E-state index in [1.165, 1.54) is 10.8 Å². The molecular formula is C5H9I. The maximum Gasteiger partial charge on any atom is 0.00263 e. The lowest BCUT2D eigenvalue weighted by atomic mass is 10.4. The molecule has 1 heteroatoms. The standard InChI is InChI=1S/C5H9I/c1-4-2-5(4)3-6/h4-5H,2-3H2,1H3/t4?,5-/m0/s1. The van der Waals surface area contributed by atoms with Crippen molar-refractivity contribution >= 4 is 22.6 Å². The van der Waals surface area contributed by atoms with Crippen molar-refractivity contribution in [2.45, 2.75) is 13.3 Å². The molecule has 0 N–H and O–H groups in total. The van der Waals surface area contributed by atoms with Gasteiger partial charge in [-0.05, 0) is 18.3 Å². The summed E-state index contributed by atoms with van der Waals surface area (Å²) in [5, 5.41) is 0. The van der Waals surface area contributed by atoms with Crippen molar-refractivity contribution in [2.75, 3.05) is 4.43 Å². The van der Waals surface area contributed by atoms with Crippen LogP contribution in [0.3, 0.4) is 0 Å². The molecule has 0 spiro atoms. The fourth-order valence-corrected chi connectivity index (χ4v) is 1.84. The van der Waals surface area contributed by atoms with E-state index in [0.29, 0.717) is 0 Å². The molecular weight excluding hydrogens is 187 g/mol. The van der Waals surface area contributed by atoms with Crippen LogP contribution in [0.4, 0.5) is 0 Å². The van der Waals surface area contributed by atoms with Gasteiger partial charge in [0.15, 0.2) is 0 Å². The third kappa shape index (κ3) is 0.863. The molecule has 0 aliphatic heterocycles. The second kappa shape index (κ2) is 1.68. The second-order valence-electron chi connectivity index (χ2n) is 2.13. The van der Waals surface area contributed by atoms with Gasteiger partial charge in [-0.3, -0.25) is 0 Å². The molecule has 1 aliphatic rings. The number of hydrogen-bond donors (Lipinski definition) is 0. The molecule has 0 amide bonds. The molecule has 1 aliphatic carbocycles. The van der Waals surface area contributed by atoms with Gasteiger partial charge >= 0.3 is 0 Å². The molecule has 1 unspecified atom stereocenters. The highest BCUT2D eigenvalue weighted by atomic mass is 127. The molecule has 1 fully saturated rings. The van der Waals surface area contributed by atoms with Gasteiger partial charge in [-0.25, -0.2) is 0 Å². The Hall–Kier alpha value is 0.730. The molecule has 0 aromatic heterocycles. The van der Waals surface area contributed by atoms with Crippen LogP contribution in [-0.2, 0) is 0 Å². The van der Waals surface area contributed by atoms with Gasteiger partial charge in [0.1, 0.15) is 0 Å². The lowest BCUT2D eigenvalue weighted by Gasteiger charge is -1.77. The molecule has 0 nitrogen and oxygen atoms in total. The Kier molecular flexibility index (Phi) is 1.37. The van der Waals surface area contributed by atoms with E-state index in [-0.39, 0.29) is 0 Å².